The fraction of sp³-hybridized carbons (Fsp3) is 0.444. The molecule has 4 rings (SSSR count). The van der Waals surface area contributed by atoms with Crippen LogP contribution in [-0.4, -0.2) is 65.1 Å². The van der Waals surface area contributed by atoms with Gasteiger partial charge in [0.25, 0.3) is 5.91 Å². The first kappa shape index (κ1) is 18.4. The van der Waals surface area contributed by atoms with Crippen molar-refractivity contribution in [1.29, 1.82) is 0 Å². The van der Waals surface area contributed by atoms with Gasteiger partial charge in [0.2, 0.25) is 5.89 Å². The molecule has 1 atom stereocenters. The number of anilines is 1. The zero-order valence-corrected chi connectivity index (χ0v) is 15.7. The van der Waals surface area contributed by atoms with Gasteiger partial charge < -0.3 is 20.1 Å². The normalized spacial score (nSPS) is 19.9. The highest BCUT2D eigenvalue weighted by Gasteiger charge is 2.32. The third-order valence-corrected chi connectivity index (χ3v) is 5.15. The molecule has 2 aromatic rings. The maximum absolute atomic E-state index is 14.8. The molecule has 0 saturated carbocycles. The average Bonchev–Trinajstić information content (AvgIpc) is 3.11. The Hall–Kier alpha value is -3.01. The van der Waals surface area contributed by atoms with E-state index in [2.05, 4.69) is 20.8 Å². The Morgan fingerprint density at radius 1 is 1.39 bits per heavy atom. The monoisotopic (exact) mass is 388 g/mol. The minimum atomic E-state index is -0.557. The van der Waals surface area contributed by atoms with Crippen molar-refractivity contribution in [1.82, 2.24) is 25.3 Å². The summed E-state index contributed by atoms with van der Waals surface area (Å²) in [6, 6.07) is 2.33. The van der Waals surface area contributed by atoms with E-state index in [-0.39, 0.29) is 17.6 Å². The van der Waals surface area contributed by atoms with Crippen molar-refractivity contribution < 1.29 is 18.5 Å². The van der Waals surface area contributed by atoms with Gasteiger partial charge >= 0.3 is 6.03 Å². The van der Waals surface area contributed by atoms with Gasteiger partial charge in [0.1, 0.15) is 6.04 Å². The molecule has 0 aliphatic carbocycles. The summed E-state index contributed by atoms with van der Waals surface area (Å²) in [6.07, 6.45) is 0.393. The number of benzene rings is 1. The van der Waals surface area contributed by atoms with Crippen LogP contribution in [0.5, 0.6) is 0 Å². The fourth-order valence-electron chi connectivity index (χ4n) is 3.54. The number of likely N-dealkylation sites (N-methyl/N-ethyl adjacent to an activating group) is 1. The zero-order valence-electron chi connectivity index (χ0n) is 15.7. The Morgan fingerprint density at radius 3 is 2.96 bits per heavy atom. The lowest BCUT2D eigenvalue weighted by molar-refractivity contribution is 0.0944. The molecule has 3 heterocycles. The quantitative estimate of drug-likeness (QED) is 0.804. The molecule has 1 unspecified atom stereocenters. The van der Waals surface area contributed by atoms with E-state index in [1.165, 1.54) is 12.1 Å². The number of halogens is 1. The minimum Gasteiger partial charge on any atom is -0.352 e. The number of aryl methyl sites for hydroxylation is 1. The van der Waals surface area contributed by atoms with Gasteiger partial charge in [-0.25, -0.2) is 9.18 Å². The van der Waals surface area contributed by atoms with Gasteiger partial charge in [0, 0.05) is 37.3 Å². The average molecular weight is 388 g/mol. The Morgan fingerprint density at radius 2 is 2.21 bits per heavy atom. The van der Waals surface area contributed by atoms with Crippen molar-refractivity contribution in [2.45, 2.75) is 19.4 Å². The maximum atomic E-state index is 14.8. The molecule has 1 aromatic heterocycles. The summed E-state index contributed by atoms with van der Waals surface area (Å²) in [5.74, 6) is 0.127. The molecule has 10 heteroatoms. The fourth-order valence-corrected chi connectivity index (χ4v) is 3.54. The summed E-state index contributed by atoms with van der Waals surface area (Å²) in [6.45, 7) is 3.57. The van der Waals surface area contributed by atoms with Crippen LogP contribution in [0.4, 0.5) is 14.9 Å². The summed E-state index contributed by atoms with van der Waals surface area (Å²) >= 11 is 0. The number of amides is 3. The van der Waals surface area contributed by atoms with Crippen LogP contribution in [0.3, 0.4) is 0 Å². The van der Waals surface area contributed by atoms with Gasteiger partial charge in [-0.3, -0.25) is 9.69 Å². The lowest BCUT2D eigenvalue weighted by Crippen LogP contribution is -2.50. The topological polar surface area (TPSA) is 104 Å². The van der Waals surface area contributed by atoms with Crippen molar-refractivity contribution >= 4 is 17.6 Å². The lowest BCUT2D eigenvalue weighted by Gasteiger charge is -2.37. The Bertz CT molecular complexity index is 930. The van der Waals surface area contributed by atoms with E-state index in [1.54, 1.807) is 11.8 Å². The summed E-state index contributed by atoms with van der Waals surface area (Å²) in [7, 11) is 1.92. The molecule has 1 saturated heterocycles. The number of urea groups is 1. The number of hydrogen-bond donors (Lipinski definition) is 2. The van der Waals surface area contributed by atoms with Crippen molar-refractivity contribution in [2.75, 3.05) is 38.5 Å². The first-order chi connectivity index (χ1) is 13.4. The zero-order chi connectivity index (χ0) is 19.8. The highest BCUT2D eigenvalue weighted by Crippen LogP contribution is 2.26. The summed E-state index contributed by atoms with van der Waals surface area (Å²) in [5, 5.41) is 9.12. The predicted molar refractivity (Wildman–Crippen MR) is 97.4 cm³/mol. The first-order valence-electron chi connectivity index (χ1n) is 9.10. The molecule has 3 amide bonds. The van der Waals surface area contributed by atoms with Crippen LogP contribution in [-0.2, 0) is 6.42 Å². The molecule has 9 nitrogen and oxygen atoms in total. The second-order valence-electron chi connectivity index (χ2n) is 7.01. The number of nitrogens with zero attached hydrogens (tertiary/aromatic N) is 4. The van der Waals surface area contributed by atoms with Gasteiger partial charge in [-0.05, 0) is 32.5 Å². The van der Waals surface area contributed by atoms with Crippen LogP contribution in [0.2, 0.25) is 0 Å². The first-order valence-corrected chi connectivity index (χ1v) is 9.10. The second kappa shape index (κ2) is 7.19. The van der Waals surface area contributed by atoms with E-state index in [9.17, 15) is 14.0 Å². The number of rotatable bonds is 2. The number of aromatic nitrogens is 2. The van der Waals surface area contributed by atoms with Crippen LogP contribution < -0.4 is 10.6 Å². The summed E-state index contributed by atoms with van der Waals surface area (Å²) < 4.78 is 20.1. The van der Waals surface area contributed by atoms with Gasteiger partial charge in [0.15, 0.2) is 11.6 Å². The Kier molecular flexibility index (Phi) is 4.71. The molecule has 2 N–H and O–H groups in total. The number of piperazine rings is 1. The standard InChI is InChI=1S/C18H21FN6O3/c1-10-21-17(28-23-10)14-9-25(8-7-24(14)2)18(27)22-13-4-3-12-11(15(13)19)5-6-20-16(12)26/h3-4,14H,5-9H2,1-2H3,(H,20,26)(H,22,27). The number of hydrogen-bond acceptors (Lipinski definition) is 6. The minimum absolute atomic E-state index is 0.0718. The van der Waals surface area contributed by atoms with E-state index in [1.807, 2.05) is 11.9 Å². The molecule has 0 radical (unpaired) electrons. The van der Waals surface area contributed by atoms with Crippen molar-refractivity contribution in [2.24, 2.45) is 0 Å². The molecular formula is C18H21FN6O3. The molecular weight excluding hydrogens is 367 g/mol. The highest BCUT2D eigenvalue weighted by molar-refractivity contribution is 5.98. The molecule has 0 bridgehead atoms. The van der Waals surface area contributed by atoms with Gasteiger partial charge in [-0.1, -0.05) is 5.16 Å². The van der Waals surface area contributed by atoms with Gasteiger partial charge in [-0.2, -0.15) is 4.98 Å². The van der Waals surface area contributed by atoms with Crippen LogP contribution in [0.25, 0.3) is 0 Å². The highest BCUT2D eigenvalue weighted by atomic mass is 19.1. The molecule has 28 heavy (non-hydrogen) atoms. The van der Waals surface area contributed by atoms with Crippen molar-refractivity contribution in [3.63, 3.8) is 0 Å². The molecule has 148 valence electrons. The molecule has 2 aliphatic rings. The van der Waals surface area contributed by atoms with Crippen molar-refractivity contribution in [3.05, 3.63) is 40.8 Å². The van der Waals surface area contributed by atoms with E-state index in [4.69, 9.17) is 4.52 Å². The van der Waals surface area contributed by atoms with Crippen LogP contribution >= 0.6 is 0 Å². The second-order valence-corrected chi connectivity index (χ2v) is 7.01. The molecule has 0 spiro atoms. The number of fused-ring (bicyclic) bond motifs is 1. The largest absolute Gasteiger partial charge is 0.352 e. The number of nitrogens with one attached hydrogen (secondary N) is 2. The molecule has 1 aromatic carbocycles. The van der Waals surface area contributed by atoms with E-state index >= 15 is 0 Å². The van der Waals surface area contributed by atoms with Crippen molar-refractivity contribution in [3.8, 4) is 0 Å². The van der Waals surface area contributed by atoms with E-state index in [0.29, 0.717) is 55.4 Å². The maximum Gasteiger partial charge on any atom is 0.322 e. The third-order valence-electron chi connectivity index (χ3n) is 5.15. The van der Waals surface area contributed by atoms with Crippen LogP contribution in [0.1, 0.15) is 33.7 Å². The number of carbonyl (C=O) groups excluding carboxylic acids is 2. The van der Waals surface area contributed by atoms with Crippen LogP contribution in [0.15, 0.2) is 16.7 Å². The lowest BCUT2D eigenvalue weighted by atomic mass is 9.99. The Balaban J connectivity index is 1.50. The summed E-state index contributed by atoms with van der Waals surface area (Å²) in [4.78, 5) is 32.4. The van der Waals surface area contributed by atoms with E-state index < -0.39 is 11.8 Å². The summed E-state index contributed by atoms with van der Waals surface area (Å²) in [5.41, 5.74) is 0.717. The van der Waals surface area contributed by atoms with Crippen LogP contribution in [0, 0.1) is 12.7 Å². The molecule has 1 fully saturated rings. The SMILES string of the molecule is Cc1noc(C2CN(C(=O)Nc3ccc4c(c3F)CCNC4=O)CCN2C)n1. The number of carbonyl (C=O) groups is 2. The van der Waals surface area contributed by atoms with E-state index in [0.717, 1.165) is 0 Å². The third kappa shape index (κ3) is 3.31. The predicted octanol–water partition coefficient (Wildman–Crippen LogP) is 1.32. The van der Waals surface area contributed by atoms with Gasteiger partial charge in [-0.15, -0.1) is 0 Å². The Labute approximate surface area is 160 Å². The van der Waals surface area contributed by atoms with Gasteiger partial charge in [0.05, 0.1) is 5.69 Å². The smallest absolute Gasteiger partial charge is 0.322 e. The molecule has 2 aliphatic heterocycles.